The molecule has 0 heterocycles. The van der Waals surface area contributed by atoms with E-state index in [0.29, 0.717) is 0 Å². The highest BCUT2D eigenvalue weighted by Gasteiger charge is 2.31. The minimum absolute atomic E-state index is 0.0916. The smallest absolute Gasteiger partial charge is 0.320 e. The standard InChI is InChI=1S/C9H14O6.C8H6/c1-3-14-8(12)6(5-7(10)11)9(13)15-4-2;1-2-7-4-5-8(3-1)6-7/h6H,3-5H2,1-2H3,(H,10,11);1-6H. The lowest BCUT2D eigenvalue weighted by Gasteiger charge is -2.11. The van der Waals surface area contributed by atoms with Crippen LogP contribution in [0.4, 0.5) is 0 Å². The highest BCUT2D eigenvalue weighted by Crippen LogP contribution is 2.16. The van der Waals surface area contributed by atoms with Crippen molar-refractivity contribution in [3.63, 3.8) is 0 Å². The van der Waals surface area contributed by atoms with Crippen molar-refractivity contribution in [2.45, 2.75) is 20.3 Å². The van der Waals surface area contributed by atoms with Crippen molar-refractivity contribution in [1.82, 2.24) is 0 Å². The number of esters is 2. The van der Waals surface area contributed by atoms with Gasteiger partial charge in [-0.15, -0.1) is 0 Å². The number of fused-ring (bicyclic) bond motifs is 2. The summed E-state index contributed by atoms with van der Waals surface area (Å²) in [4.78, 5) is 32.8. The number of benzene rings is 1. The molecule has 1 aromatic carbocycles. The zero-order chi connectivity index (χ0) is 17.2. The summed E-state index contributed by atoms with van der Waals surface area (Å²) in [5.74, 6) is -4.35. The molecule has 1 aliphatic carbocycles. The molecule has 0 aromatic heterocycles. The average molecular weight is 320 g/mol. The van der Waals surface area contributed by atoms with Gasteiger partial charge in [0.25, 0.3) is 0 Å². The van der Waals surface area contributed by atoms with Crippen LogP contribution in [0.5, 0.6) is 0 Å². The Morgan fingerprint density at radius 1 is 1.00 bits per heavy atom. The summed E-state index contributed by atoms with van der Waals surface area (Å²) in [6, 6.07) is 8.45. The molecule has 124 valence electrons. The summed E-state index contributed by atoms with van der Waals surface area (Å²) in [5.41, 5.74) is 2.64. The third-order valence-corrected chi connectivity index (χ3v) is 2.90. The molecule has 1 aliphatic rings. The first-order valence-corrected chi connectivity index (χ1v) is 7.31. The topological polar surface area (TPSA) is 89.9 Å². The molecule has 6 heteroatoms. The van der Waals surface area contributed by atoms with Gasteiger partial charge in [-0.1, -0.05) is 30.4 Å². The largest absolute Gasteiger partial charge is 0.481 e. The van der Waals surface area contributed by atoms with Gasteiger partial charge in [0.05, 0.1) is 19.6 Å². The van der Waals surface area contributed by atoms with Crippen molar-refractivity contribution in [2.75, 3.05) is 13.2 Å². The second kappa shape index (κ2) is 9.40. The van der Waals surface area contributed by atoms with E-state index >= 15 is 0 Å². The van der Waals surface area contributed by atoms with Crippen LogP contribution in [0.1, 0.15) is 31.4 Å². The van der Waals surface area contributed by atoms with E-state index in [1.54, 1.807) is 13.8 Å². The Morgan fingerprint density at radius 2 is 1.48 bits per heavy atom. The number of rotatable bonds is 6. The van der Waals surface area contributed by atoms with E-state index in [9.17, 15) is 14.4 Å². The normalized spacial score (nSPS) is 10.7. The quantitative estimate of drug-likeness (QED) is 0.649. The van der Waals surface area contributed by atoms with Crippen LogP contribution < -0.4 is 0 Å². The summed E-state index contributed by atoms with van der Waals surface area (Å²) in [6.07, 6.45) is 3.63. The minimum Gasteiger partial charge on any atom is -0.481 e. The predicted octanol–water partition coefficient (Wildman–Crippen LogP) is 2.37. The van der Waals surface area contributed by atoms with Gasteiger partial charge in [-0.25, -0.2) is 0 Å². The monoisotopic (exact) mass is 320 g/mol. The van der Waals surface area contributed by atoms with Crippen molar-refractivity contribution >= 4 is 30.1 Å². The Labute approximate surface area is 134 Å². The Morgan fingerprint density at radius 3 is 1.83 bits per heavy atom. The van der Waals surface area contributed by atoms with E-state index in [1.807, 2.05) is 0 Å². The molecular formula is C17H20O6. The third kappa shape index (κ3) is 6.34. The molecule has 0 amide bonds. The van der Waals surface area contributed by atoms with E-state index < -0.39 is 30.2 Å². The molecule has 2 rings (SSSR count). The van der Waals surface area contributed by atoms with Crippen LogP contribution in [0, 0.1) is 5.92 Å². The van der Waals surface area contributed by atoms with E-state index in [2.05, 4.69) is 45.9 Å². The summed E-state index contributed by atoms with van der Waals surface area (Å²) in [7, 11) is 0. The van der Waals surface area contributed by atoms with Gasteiger partial charge in [0.1, 0.15) is 0 Å². The molecule has 0 radical (unpaired) electrons. The van der Waals surface area contributed by atoms with Crippen molar-refractivity contribution < 1.29 is 29.0 Å². The summed E-state index contributed by atoms with van der Waals surface area (Å²) >= 11 is 0. The van der Waals surface area contributed by atoms with E-state index in [4.69, 9.17) is 5.11 Å². The minimum atomic E-state index is -1.37. The summed E-state index contributed by atoms with van der Waals surface area (Å²) in [6.45, 7) is 3.32. The molecule has 1 N–H and O–H groups in total. The predicted molar refractivity (Wildman–Crippen MR) is 84.4 cm³/mol. The van der Waals surface area contributed by atoms with Crippen LogP contribution in [-0.4, -0.2) is 36.2 Å². The Bertz CT molecular complexity index is 551. The number of carbonyl (C=O) groups excluding carboxylic acids is 2. The van der Waals surface area contributed by atoms with Gasteiger partial charge in [-0.05, 0) is 31.0 Å². The lowest BCUT2D eigenvalue weighted by atomic mass is 10.1. The molecule has 0 aliphatic heterocycles. The lowest BCUT2D eigenvalue weighted by molar-refractivity contribution is -0.165. The van der Waals surface area contributed by atoms with Gasteiger partial charge in [0.2, 0.25) is 0 Å². The number of ether oxygens (including phenoxy) is 2. The van der Waals surface area contributed by atoms with Gasteiger partial charge in [0.15, 0.2) is 5.92 Å². The molecule has 6 nitrogen and oxygen atoms in total. The van der Waals surface area contributed by atoms with Crippen LogP contribution >= 0.6 is 0 Å². The highest BCUT2D eigenvalue weighted by molar-refractivity contribution is 5.97. The second-order valence-corrected chi connectivity index (χ2v) is 4.66. The molecule has 0 atom stereocenters. The Hall–Kier alpha value is -2.63. The average Bonchev–Trinajstić information content (AvgIpc) is 2.84. The Kier molecular flexibility index (Phi) is 7.53. The molecule has 0 fully saturated rings. The maximum atomic E-state index is 11.2. The SMILES string of the molecule is C1=Cc2cccc1c2.CCOC(=O)C(CC(=O)O)C(=O)OCC. The molecular weight excluding hydrogens is 300 g/mol. The fourth-order valence-corrected chi connectivity index (χ4v) is 1.88. The van der Waals surface area contributed by atoms with Crippen LogP contribution in [-0.2, 0) is 23.9 Å². The molecule has 1 aromatic rings. The summed E-state index contributed by atoms with van der Waals surface area (Å²) < 4.78 is 9.14. The van der Waals surface area contributed by atoms with Crippen LogP contribution in [0.25, 0.3) is 12.2 Å². The molecule has 2 bridgehead atoms. The van der Waals surface area contributed by atoms with Crippen LogP contribution in [0.2, 0.25) is 0 Å². The van der Waals surface area contributed by atoms with E-state index in [0.717, 1.165) is 0 Å². The Balaban J connectivity index is 0.000000270. The second-order valence-electron chi connectivity index (χ2n) is 4.66. The van der Waals surface area contributed by atoms with Crippen molar-refractivity contribution in [2.24, 2.45) is 5.92 Å². The third-order valence-electron chi connectivity index (χ3n) is 2.90. The lowest BCUT2D eigenvalue weighted by Crippen LogP contribution is -2.30. The van der Waals surface area contributed by atoms with Gasteiger partial charge < -0.3 is 14.6 Å². The molecule has 0 saturated carbocycles. The number of carbonyl (C=O) groups is 3. The zero-order valence-corrected chi connectivity index (χ0v) is 13.2. The van der Waals surface area contributed by atoms with Gasteiger partial charge in [0, 0.05) is 0 Å². The summed E-state index contributed by atoms with van der Waals surface area (Å²) in [5, 5.41) is 8.50. The first-order chi connectivity index (χ1) is 11.0. The molecule has 0 spiro atoms. The maximum absolute atomic E-state index is 11.2. The number of carboxylic acid groups (broad SMARTS) is 1. The van der Waals surface area contributed by atoms with Gasteiger partial charge in [-0.2, -0.15) is 0 Å². The molecule has 0 unspecified atom stereocenters. The number of aliphatic carboxylic acids is 1. The first kappa shape index (κ1) is 18.4. The van der Waals surface area contributed by atoms with Crippen molar-refractivity contribution in [3.8, 4) is 0 Å². The zero-order valence-electron chi connectivity index (χ0n) is 13.2. The van der Waals surface area contributed by atoms with Crippen LogP contribution in [0.15, 0.2) is 24.3 Å². The van der Waals surface area contributed by atoms with Crippen molar-refractivity contribution in [3.05, 3.63) is 35.4 Å². The number of hydrogen-bond donors (Lipinski definition) is 1. The van der Waals surface area contributed by atoms with Gasteiger partial charge >= 0.3 is 17.9 Å². The molecule has 0 saturated heterocycles. The molecule has 23 heavy (non-hydrogen) atoms. The maximum Gasteiger partial charge on any atom is 0.320 e. The fourth-order valence-electron chi connectivity index (χ4n) is 1.88. The van der Waals surface area contributed by atoms with Gasteiger partial charge in [-0.3, -0.25) is 14.4 Å². The fraction of sp³-hybridized carbons (Fsp3) is 0.353. The van der Waals surface area contributed by atoms with E-state index in [1.165, 1.54) is 11.1 Å². The number of hydrogen-bond acceptors (Lipinski definition) is 5. The van der Waals surface area contributed by atoms with E-state index in [-0.39, 0.29) is 13.2 Å². The van der Waals surface area contributed by atoms with Crippen LogP contribution in [0.3, 0.4) is 0 Å². The number of carboxylic acids is 1. The first-order valence-electron chi connectivity index (χ1n) is 7.31. The van der Waals surface area contributed by atoms with Crippen molar-refractivity contribution in [1.29, 1.82) is 0 Å². The highest BCUT2D eigenvalue weighted by atomic mass is 16.6.